The van der Waals surface area contributed by atoms with Gasteiger partial charge < -0.3 is 32.3 Å². The van der Waals surface area contributed by atoms with Gasteiger partial charge in [-0.05, 0) is 24.9 Å². The molecule has 0 radical (unpaired) electrons. The fourth-order valence-electron chi connectivity index (χ4n) is 1.86. The highest BCUT2D eigenvalue weighted by atomic mass is 32.2. The predicted octanol–water partition coefficient (Wildman–Crippen LogP) is -2.14. The topological polar surface area (TPSA) is 202 Å². The van der Waals surface area contributed by atoms with Gasteiger partial charge >= 0.3 is 11.9 Å². The van der Waals surface area contributed by atoms with Crippen LogP contribution < -0.4 is 22.1 Å². The summed E-state index contributed by atoms with van der Waals surface area (Å²) >= 11 is 1.48. The molecule has 0 aromatic heterocycles. The zero-order valence-electron chi connectivity index (χ0n) is 14.3. The molecular weight excluding hydrogens is 368 g/mol. The van der Waals surface area contributed by atoms with Crippen molar-refractivity contribution in [1.82, 2.24) is 10.6 Å². The van der Waals surface area contributed by atoms with Crippen LogP contribution in [-0.4, -0.2) is 70.0 Å². The second-order valence-electron chi connectivity index (χ2n) is 5.45. The Morgan fingerprint density at radius 3 is 2.04 bits per heavy atom. The van der Waals surface area contributed by atoms with E-state index in [-0.39, 0.29) is 6.42 Å². The molecule has 0 rings (SSSR count). The highest BCUT2D eigenvalue weighted by molar-refractivity contribution is 7.98. The van der Waals surface area contributed by atoms with Gasteiger partial charge in [0.25, 0.3) is 0 Å². The number of hydrogen-bond donors (Lipinski definition) is 6. The van der Waals surface area contributed by atoms with Gasteiger partial charge in [-0.2, -0.15) is 11.8 Å². The predicted molar refractivity (Wildman–Crippen MR) is 93.2 cm³/mol. The Hall–Kier alpha value is -2.34. The Labute approximate surface area is 154 Å². The number of carboxylic acids is 2. The van der Waals surface area contributed by atoms with Crippen LogP contribution in [0, 0.1) is 0 Å². The first-order chi connectivity index (χ1) is 12.1. The standard InChI is InChI=1S/C14H24N4O7S/c1-26-5-4-7(15)12(22)18-9(6-10(16)19)13(23)17-8(14(24)25)2-3-11(20)21/h7-9H,2-6,15H2,1H3,(H2,16,19)(H,17,23)(H,18,22)(H,20,21)(H,24,25). The summed E-state index contributed by atoms with van der Waals surface area (Å²) in [6.45, 7) is 0. The maximum absolute atomic E-state index is 12.2. The first kappa shape index (κ1) is 23.7. The molecule has 0 aliphatic rings. The van der Waals surface area contributed by atoms with E-state index in [0.29, 0.717) is 12.2 Å². The number of carbonyl (C=O) groups is 5. The molecule has 0 saturated carbocycles. The van der Waals surface area contributed by atoms with Crippen molar-refractivity contribution in [2.24, 2.45) is 11.5 Å². The maximum Gasteiger partial charge on any atom is 0.326 e. The number of amides is 3. The highest BCUT2D eigenvalue weighted by Crippen LogP contribution is 2.03. The van der Waals surface area contributed by atoms with Gasteiger partial charge in [-0.1, -0.05) is 0 Å². The van der Waals surface area contributed by atoms with Crippen molar-refractivity contribution in [3.63, 3.8) is 0 Å². The molecule has 8 N–H and O–H groups in total. The van der Waals surface area contributed by atoms with E-state index < -0.39 is 60.6 Å². The normalized spacial score (nSPS) is 13.9. The Balaban J connectivity index is 5.00. The van der Waals surface area contributed by atoms with E-state index >= 15 is 0 Å². The summed E-state index contributed by atoms with van der Waals surface area (Å²) in [4.78, 5) is 57.1. The Morgan fingerprint density at radius 2 is 1.58 bits per heavy atom. The van der Waals surface area contributed by atoms with Crippen LogP contribution in [0.4, 0.5) is 0 Å². The molecule has 11 nitrogen and oxygen atoms in total. The molecule has 26 heavy (non-hydrogen) atoms. The van der Waals surface area contributed by atoms with E-state index in [0.717, 1.165) is 0 Å². The zero-order valence-corrected chi connectivity index (χ0v) is 15.1. The number of nitrogens with one attached hydrogen (secondary N) is 2. The van der Waals surface area contributed by atoms with Gasteiger partial charge in [0.05, 0.1) is 12.5 Å². The summed E-state index contributed by atoms with van der Waals surface area (Å²) < 4.78 is 0. The van der Waals surface area contributed by atoms with Crippen LogP contribution in [-0.2, 0) is 24.0 Å². The van der Waals surface area contributed by atoms with E-state index in [4.69, 9.17) is 21.7 Å². The van der Waals surface area contributed by atoms with Gasteiger partial charge in [0.2, 0.25) is 17.7 Å². The van der Waals surface area contributed by atoms with Crippen LogP contribution in [0.5, 0.6) is 0 Å². The van der Waals surface area contributed by atoms with Crippen LogP contribution in [0.15, 0.2) is 0 Å². The quantitative estimate of drug-likeness (QED) is 0.202. The number of thioether (sulfide) groups is 1. The third-order valence-electron chi connectivity index (χ3n) is 3.27. The van der Waals surface area contributed by atoms with Crippen molar-refractivity contribution in [2.75, 3.05) is 12.0 Å². The molecule has 0 saturated heterocycles. The van der Waals surface area contributed by atoms with Crippen molar-refractivity contribution in [2.45, 2.75) is 43.8 Å². The molecule has 0 bridgehead atoms. The number of carboxylic acid groups (broad SMARTS) is 2. The molecule has 148 valence electrons. The number of nitrogens with two attached hydrogens (primary N) is 2. The Kier molecular flexibility index (Phi) is 11.0. The summed E-state index contributed by atoms with van der Waals surface area (Å²) in [6.07, 6.45) is 0.772. The van der Waals surface area contributed by atoms with Crippen LogP contribution in [0.25, 0.3) is 0 Å². The summed E-state index contributed by atoms with van der Waals surface area (Å²) in [5.74, 6) is -4.60. The first-order valence-corrected chi connectivity index (χ1v) is 9.06. The average Bonchev–Trinajstić information content (AvgIpc) is 2.54. The Morgan fingerprint density at radius 1 is 1.00 bits per heavy atom. The minimum atomic E-state index is -1.49. The molecule has 12 heteroatoms. The van der Waals surface area contributed by atoms with Crippen molar-refractivity contribution < 1.29 is 34.2 Å². The lowest BCUT2D eigenvalue weighted by Crippen LogP contribution is -2.55. The SMILES string of the molecule is CSCCC(N)C(=O)NC(CC(N)=O)C(=O)NC(CCC(=O)O)C(=O)O. The first-order valence-electron chi connectivity index (χ1n) is 7.66. The molecule has 3 atom stereocenters. The third kappa shape index (κ3) is 9.84. The summed E-state index contributed by atoms with van der Waals surface area (Å²) in [6, 6.07) is -3.81. The summed E-state index contributed by atoms with van der Waals surface area (Å²) in [5.41, 5.74) is 10.7. The van der Waals surface area contributed by atoms with E-state index in [1.54, 1.807) is 0 Å². The highest BCUT2D eigenvalue weighted by Gasteiger charge is 2.29. The van der Waals surface area contributed by atoms with Crippen molar-refractivity contribution in [1.29, 1.82) is 0 Å². The van der Waals surface area contributed by atoms with Crippen molar-refractivity contribution >= 4 is 41.4 Å². The second-order valence-corrected chi connectivity index (χ2v) is 6.44. The van der Waals surface area contributed by atoms with Gasteiger partial charge in [0.15, 0.2) is 0 Å². The summed E-state index contributed by atoms with van der Waals surface area (Å²) in [7, 11) is 0. The molecule has 0 aromatic carbocycles. The van der Waals surface area contributed by atoms with E-state index in [1.165, 1.54) is 11.8 Å². The molecule has 0 aliphatic carbocycles. The van der Waals surface area contributed by atoms with Gasteiger partial charge in [0, 0.05) is 6.42 Å². The van der Waals surface area contributed by atoms with Gasteiger partial charge in [-0.3, -0.25) is 19.2 Å². The average molecular weight is 392 g/mol. The fraction of sp³-hybridized carbons (Fsp3) is 0.643. The van der Waals surface area contributed by atoms with E-state index in [2.05, 4.69) is 10.6 Å². The molecular formula is C14H24N4O7S. The number of aliphatic carboxylic acids is 2. The van der Waals surface area contributed by atoms with Crippen molar-refractivity contribution in [3.8, 4) is 0 Å². The van der Waals surface area contributed by atoms with Crippen molar-refractivity contribution in [3.05, 3.63) is 0 Å². The van der Waals surface area contributed by atoms with Gasteiger partial charge in [-0.15, -0.1) is 0 Å². The maximum atomic E-state index is 12.2. The largest absolute Gasteiger partial charge is 0.481 e. The monoisotopic (exact) mass is 392 g/mol. The number of hydrogen-bond acceptors (Lipinski definition) is 7. The summed E-state index contributed by atoms with van der Waals surface area (Å²) in [5, 5.41) is 22.0. The molecule has 0 spiro atoms. The van der Waals surface area contributed by atoms with E-state index in [9.17, 15) is 24.0 Å². The minimum Gasteiger partial charge on any atom is -0.481 e. The van der Waals surface area contributed by atoms with Crippen LogP contribution in [0.2, 0.25) is 0 Å². The Bertz CT molecular complexity index is 543. The van der Waals surface area contributed by atoms with Gasteiger partial charge in [-0.25, -0.2) is 4.79 Å². The third-order valence-corrected chi connectivity index (χ3v) is 3.91. The lowest BCUT2D eigenvalue weighted by Gasteiger charge is -2.22. The van der Waals surface area contributed by atoms with E-state index in [1.807, 2.05) is 6.26 Å². The van der Waals surface area contributed by atoms with Gasteiger partial charge in [0.1, 0.15) is 12.1 Å². The van der Waals surface area contributed by atoms with Crippen LogP contribution >= 0.6 is 11.8 Å². The molecule has 3 amide bonds. The molecule has 0 aliphatic heterocycles. The second kappa shape index (κ2) is 12.1. The smallest absolute Gasteiger partial charge is 0.326 e. The molecule has 3 unspecified atom stereocenters. The molecule has 0 aromatic rings. The van der Waals surface area contributed by atoms with Crippen LogP contribution in [0.1, 0.15) is 25.7 Å². The molecule has 0 fully saturated rings. The fourth-order valence-corrected chi connectivity index (χ4v) is 2.35. The molecule has 0 heterocycles. The van der Waals surface area contributed by atoms with Crippen LogP contribution in [0.3, 0.4) is 0 Å². The number of carbonyl (C=O) groups excluding carboxylic acids is 3. The lowest BCUT2D eigenvalue weighted by molar-refractivity contribution is -0.143. The lowest BCUT2D eigenvalue weighted by atomic mass is 10.1. The zero-order chi connectivity index (χ0) is 20.3. The number of rotatable bonds is 13. The minimum absolute atomic E-state index is 0.342. The number of primary amides is 1.